The van der Waals surface area contributed by atoms with Gasteiger partial charge >= 0.3 is 19.4 Å². The molecule has 1 aromatic carbocycles. The number of carbonyl (C=O) groups excluding carboxylic acids is 2. The van der Waals surface area contributed by atoms with E-state index in [2.05, 4.69) is 20.1 Å². The van der Waals surface area contributed by atoms with Crippen molar-refractivity contribution in [1.82, 2.24) is 19.5 Å². The number of likely N-dealkylation sites (N-methyl/N-ethyl adjacent to an activating group) is 1. The fourth-order valence-electron chi connectivity index (χ4n) is 3.83. The highest BCUT2D eigenvalue weighted by Crippen LogP contribution is 2.47. The Morgan fingerprint density at radius 3 is 2.58 bits per heavy atom. The van der Waals surface area contributed by atoms with Crippen molar-refractivity contribution in [2.75, 3.05) is 39.7 Å². The van der Waals surface area contributed by atoms with Crippen LogP contribution in [0.3, 0.4) is 0 Å². The summed E-state index contributed by atoms with van der Waals surface area (Å²) >= 11 is 0. The number of aromatic nitrogens is 2. The Labute approximate surface area is 230 Å². The van der Waals surface area contributed by atoms with Gasteiger partial charge in [0.25, 0.3) is 0 Å². The summed E-state index contributed by atoms with van der Waals surface area (Å²) in [6.45, 7) is 1.80. The third kappa shape index (κ3) is 7.71. The van der Waals surface area contributed by atoms with E-state index in [0.29, 0.717) is 0 Å². The van der Waals surface area contributed by atoms with Crippen LogP contribution in [0.1, 0.15) is 20.1 Å². The minimum atomic E-state index is -4.31. The number of amides is 1. The lowest BCUT2D eigenvalue weighted by molar-refractivity contribution is -0.142. The number of carbonyl (C=O) groups is 2. The number of rotatable bonds is 12. The number of aliphatic hydroxyl groups excluding tert-OH is 1. The Hall–Kier alpha value is -3.20. The standard InChI is InChI=1S/C24H33FN5O9P/c1-15(21(33)36-5)28-40(35,39-16-9-7-6-8-10-16)37-14-17-20(32)24(2,25)22(38-17)30-12-11-18(27-23(30)34)26-19(31)13-29(3)4/h6-12,15,17,20,22,32H,13-14H2,1-5H3,(H,28,35)(H,26,27,31,34). The number of halogens is 1. The van der Waals surface area contributed by atoms with Gasteiger partial charge in [0.2, 0.25) is 5.91 Å². The molecule has 3 rings (SSSR count). The molecule has 2 heterocycles. The summed E-state index contributed by atoms with van der Waals surface area (Å²) in [5, 5.41) is 15.6. The van der Waals surface area contributed by atoms with Crippen molar-refractivity contribution in [2.24, 2.45) is 0 Å². The quantitative estimate of drug-likeness (QED) is 0.240. The molecule has 1 aliphatic heterocycles. The number of hydrogen-bond acceptors (Lipinski definition) is 11. The molecule has 16 heteroatoms. The first-order chi connectivity index (χ1) is 18.8. The molecule has 6 unspecified atom stereocenters. The molecule has 40 heavy (non-hydrogen) atoms. The van der Waals surface area contributed by atoms with Crippen LogP contribution in [0.4, 0.5) is 10.2 Å². The summed E-state index contributed by atoms with van der Waals surface area (Å²) in [7, 11) is 0.229. The van der Waals surface area contributed by atoms with Crippen LogP contribution in [0.2, 0.25) is 0 Å². The van der Waals surface area contributed by atoms with Crippen LogP contribution in [0.5, 0.6) is 5.75 Å². The van der Waals surface area contributed by atoms with E-state index >= 15 is 4.39 Å². The number of alkyl halides is 1. The molecule has 0 saturated carbocycles. The predicted molar refractivity (Wildman–Crippen MR) is 140 cm³/mol. The molecule has 3 N–H and O–H groups in total. The lowest BCUT2D eigenvalue weighted by Crippen LogP contribution is -2.43. The third-order valence-corrected chi connectivity index (χ3v) is 7.45. The first-order valence-corrected chi connectivity index (χ1v) is 13.7. The van der Waals surface area contributed by atoms with E-state index in [0.717, 1.165) is 18.6 Å². The molecule has 0 radical (unpaired) electrons. The van der Waals surface area contributed by atoms with Crippen molar-refractivity contribution in [2.45, 2.75) is 44.0 Å². The van der Waals surface area contributed by atoms with Gasteiger partial charge in [-0.05, 0) is 46.1 Å². The minimum Gasteiger partial charge on any atom is -0.468 e. The number of nitrogens with zero attached hydrogens (tertiary/aromatic N) is 3. The van der Waals surface area contributed by atoms with Gasteiger partial charge in [0.1, 0.15) is 29.8 Å². The molecule has 1 aliphatic rings. The largest absolute Gasteiger partial charge is 0.468 e. The molecule has 1 saturated heterocycles. The second-order valence-electron chi connectivity index (χ2n) is 9.48. The molecule has 1 amide bonds. The summed E-state index contributed by atoms with van der Waals surface area (Å²) in [5.74, 6) is -1.06. The third-order valence-electron chi connectivity index (χ3n) is 5.81. The van der Waals surface area contributed by atoms with Crippen molar-refractivity contribution in [3.8, 4) is 5.75 Å². The van der Waals surface area contributed by atoms with Crippen LogP contribution in [0.25, 0.3) is 0 Å². The van der Waals surface area contributed by atoms with E-state index in [4.69, 9.17) is 13.8 Å². The first kappa shape index (κ1) is 31.3. The molecule has 0 spiro atoms. The fourth-order valence-corrected chi connectivity index (χ4v) is 5.33. The summed E-state index contributed by atoms with van der Waals surface area (Å²) in [4.78, 5) is 41.9. The Kier molecular flexibility index (Phi) is 10.2. The van der Waals surface area contributed by atoms with Crippen LogP contribution in [0.15, 0.2) is 47.4 Å². The number of para-hydroxylation sites is 1. The summed E-state index contributed by atoms with van der Waals surface area (Å²) in [6.07, 6.45) is -3.71. The molecule has 0 bridgehead atoms. The van der Waals surface area contributed by atoms with E-state index in [9.17, 15) is 24.1 Å². The molecule has 2 aromatic rings. The average Bonchev–Trinajstić information content (AvgIpc) is 3.10. The maximum atomic E-state index is 15.7. The lowest BCUT2D eigenvalue weighted by Gasteiger charge is -2.25. The lowest BCUT2D eigenvalue weighted by atomic mass is 9.98. The molecule has 14 nitrogen and oxygen atoms in total. The van der Waals surface area contributed by atoms with E-state index in [1.54, 1.807) is 37.2 Å². The van der Waals surface area contributed by atoms with Gasteiger partial charge in [-0.1, -0.05) is 18.2 Å². The normalized spacial score (nSPS) is 24.8. The number of ether oxygens (including phenoxy) is 2. The van der Waals surface area contributed by atoms with E-state index in [1.165, 1.54) is 31.3 Å². The molecule has 1 fully saturated rings. The molecular formula is C24H33FN5O9P. The molecular weight excluding hydrogens is 552 g/mol. The molecule has 0 aliphatic carbocycles. The highest BCUT2D eigenvalue weighted by atomic mass is 31.2. The maximum absolute atomic E-state index is 15.7. The highest BCUT2D eigenvalue weighted by molar-refractivity contribution is 7.52. The number of anilines is 1. The van der Waals surface area contributed by atoms with Crippen LogP contribution in [-0.2, 0) is 28.2 Å². The van der Waals surface area contributed by atoms with Crippen molar-refractivity contribution in [3.05, 3.63) is 53.1 Å². The van der Waals surface area contributed by atoms with Gasteiger partial charge < -0.3 is 29.3 Å². The van der Waals surface area contributed by atoms with Gasteiger partial charge in [0.15, 0.2) is 11.9 Å². The average molecular weight is 586 g/mol. The zero-order valence-corrected chi connectivity index (χ0v) is 23.5. The Morgan fingerprint density at radius 2 is 1.98 bits per heavy atom. The Balaban J connectivity index is 1.77. The highest BCUT2D eigenvalue weighted by Gasteiger charge is 2.56. The summed E-state index contributed by atoms with van der Waals surface area (Å²) in [6, 6.07) is 8.12. The van der Waals surface area contributed by atoms with Crippen LogP contribution in [-0.4, -0.2) is 89.7 Å². The molecule has 6 atom stereocenters. The SMILES string of the molecule is COC(=O)C(C)NP(=O)(OCC1OC(n2ccc(NC(=O)CN(C)C)nc2=O)C(C)(F)C1O)Oc1ccccc1. The number of esters is 1. The van der Waals surface area contributed by atoms with Gasteiger partial charge in [-0.15, -0.1) is 0 Å². The molecule has 1 aromatic heterocycles. The van der Waals surface area contributed by atoms with Crippen LogP contribution in [0, 0.1) is 0 Å². The number of methoxy groups -OCH3 is 1. The van der Waals surface area contributed by atoms with Crippen molar-refractivity contribution >= 4 is 25.4 Å². The van der Waals surface area contributed by atoms with E-state index < -0.39 is 62.1 Å². The monoisotopic (exact) mass is 585 g/mol. The second-order valence-corrected chi connectivity index (χ2v) is 11.2. The van der Waals surface area contributed by atoms with E-state index in [1.807, 2.05) is 0 Å². The summed E-state index contributed by atoms with van der Waals surface area (Å²) in [5.41, 5.74) is -3.45. The van der Waals surface area contributed by atoms with Gasteiger partial charge in [0.05, 0.1) is 20.3 Å². The predicted octanol–water partition coefficient (Wildman–Crippen LogP) is 1.08. The molecule has 220 valence electrons. The summed E-state index contributed by atoms with van der Waals surface area (Å²) < 4.78 is 51.3. The zero-order valence-electron chi connectivity index (χ0n) is 22.6. The van der Waals surface area contributed by atoms with Gasteiger partial charge in [-0.25, -0.2) is 13.8 Å². The van der Waals surface area contributed by atoms with Gasteiger partial charge in [-0.2, -0.15) is 10.1 Å². The maximum Gasteiger partial charge on any atom is 0.459 e. The Morgan fingerprint density at radius 1 is 1.30 bits per heavy atom. The first-order valence-electron chi connectivity index (χ1n) is 12.2. The van der Waals surface area contributed by atoms with Crippen LogP contribution < -0.4 is 20.6 Å². The topological polar surface area (TPSA) is 171 Å². The second kappa shape index (κ2) is 13.0. The van der Waals surface area contributed by atoms with Crippen molar-refractivity contribution in [1.29, 1.82) is 0 Å². The number of hydrogen-bond donors (Lipinski definition) is 3. The zero-order chi connectivity index (χ0) is 29.7. The number of aliphatic hydroxyl groups is 1. The smallest absolute Gasteiger partial charge is 0.459 e. The van der Waals surface area contributed by atoms with Crippen molar-refractivity contribution < 1.29 is 42.2 Å². The van der Waals surface area contributed by atoms with E-state index in [-0.39, 0.29) is 18.1 Å². The fraction of sp³-hybridized carbons (Fsp3) is 0.500. The van der Waals surface area contributed by atoms with Crippen molar-refractivity contribution in [3.63, 3.8) is 0 Å². The minimum absolute atomic E-state index is 0.0445. The Bertz CT molecular complexity index is 1290. The van der Waals surface area contributed by atoms with Gasteiger partial charge in [0, 0.05) is 6.20 Å². The van der Waals surface area contributed by atoms with Crippen LogP contribution >= 0.6 is 7.75 Å². The number of benzene rings is 1. The number of nitrogens with one attached hydrogen (secondary N) is 2. The van der Waals surface area contributed by atoms with Gasteiger partial charge in [-0.3, -0.25) is 18.7 Å².